The van der Waals surface area contributed by atoms with Crippen molar-refractivity contribution in [2.75, 3.05) is 38.6 Å². The second-order valence-electron chi connectivity index (χ2n) is 4.56. The summed E-state index contributed by atoms with van der Waals surface area (Å²) < 4.78 is 0. The predicted molar refractivity (Wildman–Crippen MR) is 66.1 cm³/mol. The van der Waals surface area contributed by atoms with Crippen LogP contribution in [0.25, 0.3) is 0 Å². The van der Waals surface area contributed by atoms with Gasteiger partial charge in [-0.05, 0) is 19.4 Å². The van der Waals surface area contributed by atoms with Gasteiger partial charge >= 0.3 is 0 Å². The molecule has 0 aromatic heterocycles. The molecule has 0 aromatic rings. The Hall–Kier alpha value is 0.400. The molecule has 0 radical (unpaired) electrons. The highest BCUT2D eigenvalue weighted by Gasteiger charge is 2.23. The molecule has 1 heterocycles. The molecule has 1 aliphatic heterocycles. The fraction of sp³-hybridized carbons (Fsp3) is 1.00. The predicted octanol–water partition coefficient (Wildman–Crippen LogP) is 2.04. The van der Waals surface area contributed by atoms with Gasteiger partial charge in [-0.25, -0.2) is 0 Å². The molecule has 3 heteroatoms. The molecule has 0 aliphatic carbocycles. The van der Waals surface area contributed by atoms with Crippen LogP contribution in [0.3, 0.4) is 0 Å². The van der Waals surface area contributed by atoms with Crippen molar-refractivity contribution in [3.05, 3.63) is 0 Å². The highest BCUT2D eigenvalue weighted by molar-refractivity contribution is 9.09. The van der Waals surface area contributed by atoms with Gasteiger partial charge in [0.05, 0.1) is 0 Å². The summed E-state index contributed by atoms with van der Waals surface area (Å²) in [5, 5.41) is 1.12. The van der Waals surface area contributed by atoms with E-state index < -0.39 is 0 Å². The first-order chi connectivity index (χ1) is 6.67. The average Bonchev–Trinajstić information content (AvgIpc) is 2.20. The summed E-state index contributed by atoms with van der Waals surface area (Å²) in [6, 6.07) is 0.770. The normalized spacial score (nSPS) is 27.9. The third kappa shape index (κ3) is 3.52. The van der Waals surface area contributed by atoms with Crippen molar-refractivity contribution in [1.82, 2.24) is 9.80 Å². The van der Waals surface area contributed by atoms with Gasteiger partial charge in [0, 0.05) is 37.6 Å². The van der Waals surface area contributed by atoms with E-state index in [1.165, 1.54) is 32.6 Å². The van der Waals surface area contributed by atoms with Crippen LogP contribution in [0.1, 0.15) is 20.3 Å². The molecule has 0 aromatic carbocycles. The molecular formula is C11H23BrN2. The molecule has 2 unspecified atom stereocenters. The fourth-order valence-electron chi connectivity index (χ4n) is 2.11. The van der Waals surface area contributed by atoms with Crippen molar-refractivity contribution in [3.63, 3.8) is 0 Å². The van der Waals surface area contributed by atoms with Gasteiger partial charge in [-0.15, -0.1) is 0 Å². The van der Waals surface area contributed by atoms with Gasteiger partial charge in [-0.1, -0.05) is 29.8 Å². The second kappa shape index (κ2) is 6.09. The van der Waals surface area contributed by atoms with E-state index in [-0.39, 0.29) is 0 Å². The first kappa shape index (κ1) is 12.5. The average molecular weight is 263 g/mol. The maximum absolute atomic E-state index is 3.55. The molecule has 0 bridgehead atoms. The first-order valence-corrected chi connectivity index (χ1v) is 6.78. The summed E-state index contributed by atoms with van der Waals surface area (Å²) in [5.74, 6) is 0.774. The highest BCUT2D eigenvalue weighted by Crippen LogP contribution is 2.12. The van der Waals surface area contributed by atoms with Crippen molar-refractivity contribution < 1.29 is 0 Å². The number of piperazine rings is 1. The molecule has 1 aliphatic rings. The monoisotopic (exact) mass is 262 g/mol. The van der Waals surface area contributed by atoms with E-state index in [1.807, 2.05) is 0 Å². The Bertz CT molecular complexity index is 163. The lowest BCUT2D eigenvalue weighted by molar-refractivity contribution is 0.0857. The van der Waals surface area contributed by atoms with Gasteiger partial charge in [0.2, 0.25) is 0 Å². The van der Waals surface area contributed by atoms with E-state index in [0.717, 1.165) is 17.3 Å². The van der Waals surface area contributed by atoms with E-state index in [9.17, 15) is 0 Å². The third-order valence-electron chi connectivity index (χ3n) is 3.17. The minimum Gasteiger partial charge on any atom is -0.301 e. The van der Waals surface area contributed by atoms with Gasteiger partial charge in [0.15, 0.2) is 0 Å². The van der Waals surface area contributed by atoms with Crippen molar-refractivity contribution in [3.8, 4) is 0 Å². The molecular weight excluding hydrogens is 240 g/mol. The van der Waals surface area contributed by atoms with Crippen LogP contribution in [-0.2, 0) is 0 Å². The summed E-state index contributed by atoms with van der Waals surface area (Å²) >= 11 is 3.55. The van der Waals surface area contributed by atoms with E-state index in [1.54, 1.807) is 0 Å². The molecule has 0 spiro atoms. The molecule has 84 valence electrons. The molecule has 1 saturated heterocycles. The topological polar surface area (TPSA) is 6.48 Å². The number of hydrogen-bond donors (Lipinski definition) is 0. The fourth-order valence-corrected chi connectivity index (χ4v) is 2.31. The summed E-state index contributed by atoms with van der Waals surface area (Å²) in [7, 11) is 2.25. The van der Waals surface area contributed by atoms with Gasteiger partial charge in [-0.3, -0.25) is 0 Å². The second-order valence-corrected chi connectivity index (χ2v) is 5.21. The van der Waals surface area contributed by atoms with E-state index in [0.29, 0.717) is 0 Å². The van der Waals surface area contributed by atoms with Crippen molar-refractivity contribution in [2.24, 2.45) is 5.92 Å². The Morgan fingerprint density at radius 3 is 2.71 bits per heavy atom. The van der Waals surface area contributed by atoms with Crippen LogP contribution in [0.15, 0.2) is 0 Å². The number of alkyl halides is 1. The minimum atomic E-state index is 0.770. The Morgan fingerprint density at radius 2 is 2.14 bits per heavy atom. The molecule has 0 amide bonds. The van der Waals surface area contributed by atoms with Crippen LogP contribution < -0.4 is 0 Å². The SMILES string of the molecule is CCC1CN(CC(C)CBr)CCN1C. The minimum absolute atomic E-state index is 0.770. The zero-order valence-electron chi connectivity index (χ0n) is 9.67. The lowest BCUT2D eigenvalue weighted by Crippen LogP contribution is -2.52. The molecule has 1 fully saturated rings. The Balaban J connectivity index is 2.34. The first-order valence-electron chi connectivity index (χ1n) is 5.66. The highest BCUT2D eigenvalue weighted by atomic mass is 79.9. The number of likely N-dealkylation sites (N-methyl/N-ethyl adjacent to an activating group) is 1. The van der Waals surface area contributed by atoms with Crippen LogP contribution in [0.4, 0.5) is 0 Å². The zero-order chi connectivity index (χ0) is 10.6. The van der Waals surface area contributed by atoms with E-state index in [4.69, 9.17) is 0 Å². The Morgan fingerprint density at radius 1 is 1.43 bits per heavy atom. The lowest BCUT2D eigenvalue weighted by atomic mass is 10.1. The number of halogens is 1. The van der Waals surface area contributed by atoms with Crippen molar-refractivity contribution in [1.29, 1.82) is 0 Å². The molecule has 0 saturated carbocycles. The van der Waals surface area contributed by atoms with Crippen LogP contribution >= 0.6 is 15.9 Å². The zero-order valence-corrected chi connectivity index (χ0v) is 11.3. The van der Waals surface area contributed by atoms with E-state index >= 15 is 0 Å². The van der Waals surface area contributed by atoms with Gasteiger partial charge in [0.1, 0.15) is 0 Å². The van der Waals surface area contributed by atoms with Crippen LogP contribution in [0, 0.1) is 5.92 Å². The summed E-state index contributed by atoms with van der Waals surface area (Å²) in [5.41, 5.74) is 0. The maximum Gasteiger partial charge on any atom is 0.0218 e. The van der Waals surface area contributed by atoms with Crippen LogP contribution in [-0.4, -0.2) is 54.4 Å². The maximum atomic E-state index is 3.55. The van der Waals surface area contributed by atoms with Crippen LogP contribution in [0.5, 0.6) is 0 Å². The Labute approximate surface area is 96.8 Å². The summed E-state index contributed by atoms with van der Waals surface area (Å²) in [6.07, 6.45) is 1.27. The standard InChI is InChI=1S/C11H23BrN2/c1-4-11-9-14(6-5-13(11)3)8-10(2)7-12/h10-11H,4-9H2,1-3H3. The van der Waals surface area contributed by atoms with Gasteiger partial charge < -0.3 is 9.80 Å². The summed E-state index contributed by atoms with van der Waals surface area (Å²) in [4.78, 5) is 5.11. The smallest absolute Gasteiger partial charge is 0.0218 e. The van der Waals surface area contributed by atoms with Crippen molar-refractivity contribution >= 4 is 15.9 Å². The molecule has 1 rings (SSSR count). The lowest BCUT2D eigenvalue weighted by Gasteiger charge is -2.40. The molecule has 2 atom stereocenters. The van der Waals surface area contributed by atoms with Crippen LogP contribution in [0.2, 0.25) is 0 Å². The van der Waals surface area contributed by atoms with Gasteiger partial charge in [0.25, 0.3) is 0 Å². The van der Waals surface area contributed by atoms with Crippen molar-refractivity contribution in [2.45, 2.75) is 26.3 Å². The largest absolute Gasteiger partial charge is 0.301 e. The Kier molecular flexibility index (Phi) is 5.42. The number of rotatable bonds is 4. The number of nitrogens with zero attached hydrogens (tertiary/aromatic N) is 2. The van der Waals surface area contributed by atoms with E-state index in [2.05, 4.69) is 46.6 Å². The summed E-state index contributed by atoms with van der Waals surface area (Å²) in [6.45, 7) is 9.57. The third-order valence-corrected chi connectivity index (χ3v) is 4.27. The quantitative estimate of drug-likeness (QED) is 0.716. The molecule has 14 heavy (non-hydrogen) atoms. The molecule has 2 nitrogen and oxygen atoms in total. The molecule has 0 N–H and O–H groups in total. The van der Waals surface area contributed by atoms with Gasteiger partial charge in [-0.2, -0.15) is 0 Å². The number of hydrogen-bond acceptors (Lipinski definition) is 2.